The number of nitrogens with zero attached hydrogens (tertiary/aromatic N) is 4. The largest absolute Gasteiger partial charge is 0.356 e. The maximum Gasteiger partial charge on any atom is 0.223 e. The molecule has 0 aliphatic heterocycles. The molecule has 344 valence electrons. The Hall–Kier alpha value is -2.78. The van der Waals surface area contributed by atoms with Gasteiger partial charge in [0.15, 0.2) is 0 Å². The van der Waals surface area contributed by atoms with Crippen molar-refractivity contribution in [2.24, 2.45) is 28.6 Å². The normalized spacial score (nSPS) is 13.8. The first-order valence-corrected chi connectivity index (χ1v) is 22.4. The molecular formula is C45H88N8O6. The Balaban J connectivity index is 6.24. The quantitative estimate of drug-likeness (QED) is 0.0684. The molecule has 0 rings (SSSR count). The highest BCUT2D eigenvalue weighted by atomic mass is 16.2. The van der Waals surface area contributed by atoms with E-state index in [4.69, 9.17) is 0 Å². The summed E-state index contributed by atoms with van der Waals surface area (Å²) in [5.74, 6) is -3.17. The topological polar surface area (TPSA) is 164 Å². The van der Waals surface area contributed by atoms with Gasteiger partial charge in [0, 0.05) is 107 Å². The van der Waals surface area contributed by atoms with Crippen LogP contribution in [0.25, 0.3) is 0 Å². The second-order valence-corrected chi connectivity index (χ2v) is 18.6. The zero-order chi connectivity index (χ0) is 45.2. The number of nitrogens with one attached hydrogen (secondary N) is 4. The van der Waals surface area contributed by atoms with Crippen molar-refractivity contribution in [2.75, 3.05) is 114 Å². The summed E-state index contributed by atoms with van der Waals surface area (Å²) in [5.41, 5.74) is -2.04. The summed E-state index contributed by atoms with van der Waals surface area (Å²) in [6.45, 7) is 20.1. The van der Waals surface area contributed by atoms with Gasteiger partial charge in [-0.15, -0.1) is 0 Å². The molecule has 0 saturated heterocycles. The minimum absolute atomic E-state index is 0.0381. The predicted octanol–water partition coefficient (Wildman–Crippen LogP) is 3.48. The molecule has 0 aliphatic carbocycles. The molecule has 0 aromatic carbocycles. The molecule has 3 unspecified atom stereocenters. The molecule has 0 spiro atoms. The van der Waals surface area contributed by atoms with Gasteiger partial charge in [0.25, 0.3) is 0 Å². The number of rotatable bonds is 36. The van der Waals surface area contributed by atoms with Crippen molar-refractivity contribution in [2.45, 2.75) is 113 Å². The highest BCUT2D eigenvalue weighted by Gasteiger charge is 2.41. The van der Waals surface area contributed by atoms with Crippen LogP contribution in [-0.4, -0.2) is 169 Å². The van der Waals surface area contributed by atoms with Crippen LogP contribution in [0, 0.1) is 28.6 Å². The van der Waals surface area contributed by atoms with E-state index in [1.807, 2.05) is 49.2 Å². The van der Waals surface area contributed by atoms with Crippen molar-refractivity contribution >= 4 is 35.1 Å². The van der Waals surface area contributed by atoms with Crippen molar-refractivity contribution in [1.82, 2.24) is 40.9 Å². The van der Waals surface area contributed by atoms with Crippen molar-refractivity contribution in [1.29, 1.82) is 0 Å². The standard InChI is InChI=1S/C45H88N8O6/c1-14-17-19-46-34-38(54)36(31-41(57)48-21-23-52(12)27-25-50(8)9)32-44(4,5)39(55)29-37(43(59)49-22-24-53(13)28-26-51(10)11)33-45(6,7)42(58)35(16-3)30-40(56)47-20-18-15-2/h35-37,46H,14-34H2,1-13H3,(H,47,56)(H,48,57)(H,49,59). The van der Waals surface area contributed by atoms with E-state index in [2.05, 4.69) is 54.7 Å². The molecular weight excluding hydrogens is 749 g/mol. The van der Waals surface area contributed by atoms with Crippen LogP contribution < -0.4 is 21.3 Å². The molecule has 0 saturated carbocycles. The molecule has 0 aromatic heterocycles. The average Bonchev–Trinajstić information content (AvgIpc) is 3.15. The number of hydrogen-bond donors (Lipinski definition) is 4. The van der Waals surface area contributed by atoms with E-state index in [1.165, 1.54) is 0 Å². The van der Waals surface area contributed by atoms with Crippen LogP contribution in [0.3, 0.4) is 0 Å². The Labute approximate surface area is 359 Å². The fraction of sp³-hybridized carbons (Fsp3) is 0.867. The van der Waals surface area contributed by atoms with Gasteiger partial charge in [-0.25, -0.2) is 0 Å². The average molecular weight is 837 g/mol. The third-order valence-electron chi connectivity index (χ3n) is 11.2. The molecule has 0 fully saturated rings. The van der Waals surface area contributed by atoms with Crippen LogP contribution in [0.4, 0.5) is 0 Å². The summed E-state index contributed by atoms with van der Waals surface area (Å²) < 4.78 is 0. The van der Waals surface area contributed by atoms with Gasteiger partial charge >= 0.3 is 0 Å². The van der Waals surface area contributed by atoms with Gasteiger partial charge in [-0.1, -0.05) is 61.3 Å². The SMILES string of the molecule is CCCCNCC(=O)C(CC(=O)NCCN(C)CCN(C)C)CC(C)(C)C(=O)CC(CC(C)(C)C(=O)C(CC)CC(=O)NCCCC)C(=O)NCCN(C)CCN(C)C. The number of unbranched alkanes of at least 4 members (excludes halogenated alkanes) is 2. The first-order chi connectivity index (χ1) is 27.6. The second kappa shape index (κ2) is 30.3. The molecule has 0 radical (unpaired) electrons. The van der Waals surface area contributed by atoms with Crippen LogP contribution >= 0.6 is 0 Å². The molecule has 59 heavy (non-hydrogen) atoms. The summed E-state index contributed by atoms with van der Waals surface area (Å²) in [7, 11) is 12.0. The van der Waals surface area contributed by atoms with Gasteiger partial charge < -0.3 is 40.9 Å². The molecule has 14 heteroatoms. The Kier molecular flexibility index (Phi) is 28.9. The van der Waals surface area contributed by atoms with E-state index in [-0.39, 0.29) is 73.7 Å². The third-order valence-corrected chi connectivity index (χ3v) is 11.2. The third kappa shape index (κ3) is 25.6. The smallest absolute Gasteiger partial charge is 0.223 e. The second-order valence-electron chi connectivity index (χ2n) is 18.6. The Morgan fingerprint density at radius 2 is 1.00 bits per heavy atom. The highest BCUT2D eigenvalue weighted by molar-refractivity contribution is 5.94. The molecule has 14 nitrogen and oxygen atoms in total. The number of ketones is 3. The minimum Gasteiger partial charge on any atom is -0.356 e. The number of amides is 3. The molecule has 3 amide bonds. The van der Waals surface area contributed by atoms with E-state index in [0.29, 0.717) is 45.7 Å². The van der Waals surface area contributed by atoms with Crippen LogP contribution in [0.1, 0.15) is 113 Å². The molecule has 0 aliphatic rings. The van der Waals surface area contributed by atoms with E-state index < -0.39 is 28.6 Å². The molecule has 0 heterocycles. The minimum atomic E-state index is -1.04. The number of hydrogen-bond acceptors (Lipinski definition) is 11. The lowest BCUT2D eigenvalue weighted by Crippen LogP contribution is -2.43. The maximum absolute atomic E-state index is 14.4. The lowest BCUT2D eigenvalue weighted by atomic mass is 9.70. The predicted molar refractivity (Wildman–Crippen MR) is 240 cm³/mol. The van der Waals surface area contributed by atoms with Crippen molar-refractivity contribution in [3.05, 3.63) is 0 Å². The zero-order valence-corrected chi connectivity index (χ0v) is 39.8. The van der Waals surface area contributed by atoms with Gasteiger partial charge in [-0.2, -0.15) is 0 Å². The summed E-state index contributed by atoms with van der Waals surface area (Å²) in [4.78, 5) is 90.5. The number of likely N-dealkylation sites (N-methyl/N-ethyl adjacent to an activating group) is 4. The molecule has 3 atom stereocenters. The first-order valence-electron chi connectivity index (χ1n) is 22.4. The summed E-state index contributed by atoms with van der Waals surface area (Å²) >= 11 is 0. The van der Waals surface area contributed by atoms with Crippen molar-refractivity contribution in [3.8, 4) is 0 Å². The van der Waals surface area contributed by atoms with Gasteiger partial charge in [-0.3, -0.25) is 28.8 Å². The van der Waals surface area contributed by atoms with E-state index >= 15 is 0 Å². The van der Waals surface area contributed by atoms with Gasteiger partial charge in [0.2, 0.25) is 17.7 Å². The van der Waals surface area contributed by atoms with Crippen molar-refractivity contribution in [3.63, 3.8) is 0 Å². The fourth-order valence-corrected chi connectivity index (χ4v) is 7.00. The van der Waals surface area contributed by atoms with E-state index in [1.54, 1.807) is 27.7 Å². The van der Waals surface area contributed by atoms with Crippen LogP contribution in [0.5, 0.6) is 0 Å². The van der Waals surface area contributed by atoms with Crippen molar-refractivity contribution < 1.29 is 28.8 Å². The van der Waals surface area contributed by atoms with E-state index in [9.17, 15) is 28.8 Å². The fourth-order valence-electron chi connectivity index (χ4n) is 7.00. The van der Waals surface area contributed by atoms with Crippen LogP contribution in [0.15, 0.2) is 0 Å². The highest BCUT2D eigenvalue weighted by Crippen LogP contribution is 2.37. The first kappa shape index (κ1) is 56.2. The van der Waals surface area contributed by atoms with E-state index in [0.717, 1.165) is 51.9 Å². The Morgan fingerprint density at radius 1 is 0.525 bits per heavy atom. The molecule has 0 aromatic rings. The number of carbonyl (C=O) groups is 6. The van der Waals surface area contributed by atoms with Crippen LogP contribution in [-0.2, 0) is 28.8 Å². The van der Waals surface area contributed by atoms with Gasteiger partial charge in [0.05, 0.1) is 6.54 Å². The van der Waals surface area contributed by atoms with Crippen LogP contribution in [0.2, 0.25) is 0 Å². The van der Waals surface area contributed by atoms with Gasteiger partial charge in [0.1, 0.15) is 17.3 Å². The molecule has 4 N–H and O–H groups in total. The monoisotopic (exact) mass is 837 g/mol. The summed E-state index contributed by atoms with van der Waals surface area (Å²) in [6.07, 6.45) is 4.38. The summed E-state index contributed by atoms with van der Waals surface area (Å²) in [5, 5.41) is 12.1. The number of carbonyl (C=O) groups excluding carboxylic acids is 6. The summed E-state index contributed by atoms with van der Waals surface area (Å²) in [6, 6.07) is 0. The molecule has 0 bridgehead atoms. The van der Waals surface area contributed by atoms with Gasteiger partial charge in [-0.05, 0) is 80.9 Å². The Bertz CT molecular complexity index is 1260. The number of Topliss-reactive ketones (excluding diaryl/α,β-unsaturated/α-hetero) is 3. The maximum atomic E-state index is 14.4. The lowest BCUT2D eigenvalue weighted by molar-refractivity contribution is -0.139. The zero-order valence-electron chi connectivity index (χ0n) is 39.8. The Morgan fingerprint density at radius 3 is 1.51 bits per heavy atom. The lowest BCUT2D eigenvalue weighted by Gasteiger charge is -2.33.